The van der Waals surface area contributed by atoms with Crippen molar-refractivity contribution < 1.29 is 9.53 Å². The summed E-state index contributed by atoms with van der Waals surface area (Å²) in [4.78, 5) is 19.2. The minimum Gasteiger partial charge on any atom is -0.497 e. The van der Waals surface area contributed by atoms with Crippen LogP contribution in [0.15, 0.2) is 72.1 Å². The Bertz CT molecular complexity index is 892. The molecule has 0 radical (unpaired) electrons. The standard InChI is InChI=1S/C22H25N3O2S/c1-17(2)25(15-18-7-5-4-6-8-18)21(26)16-28-22-23-13-14-24(22)19-9-11-20(27-3)12-10-19/h4-14,17H,15-16H2,1-3H3. The number of ether oxygens (including phenoxy) is 1. The Hall–Kier alpha value is -2.73. The first-order valence-corrected chi connectivity index (χ1v) is 10.2. The molecule has 0 saturated carbocycles. The molecule has 146 valence electrons. The number of carbonyl (C=O) groups excluding carboxylic acids is 1. The lowest BCUT2D eigenvalue weighted by molar-refractivity contribution is -0.130. The molecule has 0 saturated heterocycles. The van der Waals surface area contributed by atoms with Crippen molar-refractivity contribution in [1.82, 2.24) is 14.5 Å². The molecule has 0 aliphatic heterocycles. The van der Waals surface area contributed by atoms with E-state index in [1.165, 1.54) is 11.8 Å². The maximum atomic E-state index is 12.9. The van der Waals surface area contributed by atoms with Crippen LogP contribution in [-0.2, 0) is 11.3 Å². The van der Waals surface area contributed by atoms with E-state index < -0.39 is 0 Å². The predicted molar refractivity (Wildman–Crippen MR) is 113 cm³/mol. The molecule has 1 amide bonds. The summed E-state index contributed by atoms with van der Waals surface area (Å²) in [6, 6.07) is 18.0. The zero-order chi connectivity index (χ0) is 19.9. The Morgan fingerprint density at radius 3 is 2.50 bits per heavy atom. The number of methoxy groups -OCH3 is 1. The first kappa shape index (κ1) is 20.0. The Balaban J connectivity index is 1.67. The number of amides is 1. The highest BCUT2D eigenvalue weighted by molar-refractivity contribution is 7.99. The van der Waals surface area contributed by atoms with E-state index in [2.05, 4.69) is 4.98 Å². The molecule has 2 aromatic carbocycles. The van der Waals surface area contributed by atoms with E-state index in [-0.39, 0.29) is 11.9 Å². The fourth-order valence-electron chi connectivity index (χ4n) is 2.88. The van der Waals surface area contributed by atoms with Crippen molar-refractivity contribution in [2.75, 3.05) is 12.9 Å². The van der Waals surface area contributed by atoms with Gasteiger partial charge in [0.15, 0.2) is 5.16 Å². The molecule has 0 fully saturated rings. The van der Waals surface area contributed by atoms with Gasteiger partial charge in [0.2, 0.25) is 5.91 Å². The molecule has 3 rings (SSSR count). The van der Waals surface area contributed by atoms with Crippen LogP contribution in [0.5, 0.6) is 5.75 Å². The molecule has 28 heavy (non-hydrogen) atoms. The average Bonchev–Trinajstić information content (AvgIpc) is 3.19. The van der Waals surface area contributed by atoms with Crippen LogP contribution in [0.2, 0.25) is 0 Å². The van der Waals surface area contributed by atoms with Gasteiger partial charge in [0, 0.05) is 30.7 Å². The molecule has 0 unspecified atom stereocenters. The minimum absolute atomic E-state index is 0.105. The second kappa shape index (κ2) is 9.46. The van der Waals surface area contributed by atoms with Crippen molar-refractivity contribution in [1.29, 1.82) is 0 Å². The topological polar surface area (TPSA) is 47.4 Å². The summed E-state index contributed by atoms with van der Waals surface area (Å²) in [6.07, 6.45) is 3.65. The van der Waals surface area contributed by atoms with Gasteiger partial charge in [-0.15, -0.1) is 0 Å². The number of thioether (sulfide) groups is 1. The molecule has 0 N–H and O–H groups in total. The van der Waals surface area contributed by atoms with E-state index in [0.717, 1.165) is 22.2 Å². The molecule has 0 aliphatic rings. The Morgan fingerprint density at radius 1 is 1.14 bits per heavy atom. The summed E-state index contributed by atoms with van der Waals surface area (Å²) in [5.74, 6) is 1.26. The van der Waals surface area contributed by atoms with Crippen LogP contribution in [-0.4, -0.2) is 39.3 Å². The first-order valence-electron chi connectivity index (χ1n) is 9.22. The van der Waals surface area contributed by atoms with Crippen molar-refractivity contribution >= 4 is 17.7 Å². The second-order valence-electron chi connectivity index (χ2n) is 6.67. The van der Waals surface area contributed by atoms with Gasteiger partial charge in [0.25, 0.3) is 0 Å². The number of hydrogen-bond donors (Lipinski definition) is 0. The summed E-state index contributed by atoms with van der Waals surface area (Å²) >= 11 is 1.45. The molecule has 0 bridgehead atoms. The van der Waals surface area contributed by atoms with Gasteiger partial charge in [-0.05, 0) is 43.7 Å². The van der Waals surface area contributed by atoms with Gasteiger partial charge in [-0.25, -0.2) is 4.98 Å². The molecule has 0 aliphatic carbocycles. The van der Waals surface area contributed by atoms with Crippen LogP contribution in [0, 0.1) is 0 Å². The van der Waals surface area contributed by atoms with E-state index in [1.807, 2.05) is 84.1 Å². The fraction of sp³-hybridized carbons (Fsp3) is 0.273. The molecule has 1 heterocycles. The average molecular weight is 396 g/mol. The maximum absolute atomic E-state index is 12.9. The van der Waals surface area contributed by atoms with Crippen molar-refractivity contribution in [2.24, 2.45) is 0 Å². The SMILES string of the molecule is COc1ccc(-n2ccnc2SCC(=O)N(Cc2ccccc2)C(C)C)cc1. The number of carbonyl (C=O) groups is 1. The summed E-state index contributed by atoms with van der Waals surface area (Å²) < 4.78 is 7.19. The highest BCUT2D eigenvalue weighted by Crippen LogP contribution is 2.23. The van der Waals surface area contributed by atoms with Crippen LogP contribution in [0.3, 0.4) is 0 Å². The van der Waals surface area contributed by atoms with Crippen LogP contribution in [0.1, 0.15) is 19.4 Å². The minimum atomic E-state index is 0.105. The molecule has 3 aromatic rings. The van der Waals surface area contributed by atoms with E-state index in [4.69, 9.17) is 4.74 Å². The van der Waals surface area contributed by atoms with Crippen molar-refractivity contribution in [3.05, 3.63) is 72.6 Å². The maximum Gasteiger partial charge on any atom is 0.233 e. The first-order chi connectivity index (χ1) is 13.6. The molecule has 6 heteroatoms. The third-order valence-electron chi connectivity index (χ3n) is 4.42. The van der Waals surface area contributed by atoms with Crippen LogP contribution < -0.4 is 4.74 Å². The molecule has 0 atom stereocenters. The van der Waals surface area contributed by atoms with Gasteiger partial charge in [0.05, 0.1) is 12.9 Å². The lowest BCUT2D eigenvalue weighted by Gasteiger charge is -2.27. The number of rotatable bonds is 8. The van der Waals surface area contributed by atoms with Gasteiger partial charge in [-0.3, -0.25) is 9.36 Å². The number of imidazole rings is 1. The van der Waals surface area contributed by atoms with Crippen molar-refractivity contribution in [3.8, 4) is 11.4 Å². The summed E-state index contributed by atoms with van der Waals surface area (Å²) in [5, 5.41) is 0.793. The Labute approximate surface area is 170 Å². The quantitative estimate of drug-likeness (QED) is 0.530. The third-order valence-corrected chi connectivity index (χ3v) is 5.37. The number of aromatic nitrogens is 2. The third kappa shape index (κ3) is 4.95. The van der Waals surface area contributed by atoms with Crippen LogP contribution in [0.4, 0.5) is 0 Å². The van der Waals surface area contributed by atoms with Gasteiger partial charge < -0.3 is 9.64 Å². The lowest BCUT2D eigenvalue weighted by atomic mass is 10.2. The zero-order valence-corrected chi connectivity index (χ0v) is 17.2. The van der Waals surface area contributed by atoms with E-state index in [0.29, 0.717) is 12.3 Å². The smallest absolute Gasteiger partial charge is 0.233 e. The predicted octanol–water partition coefficient (Wildman–Crippen LogP) is 4.41. The second-order valence-corrected chi connectivity index (χ2v) is 7.61. The fourth-order valence-corrected chi connectivity index (χ4v) is 3.74. The van der Waals surface area contributed by atoms with Gasteiger partial charge >= 0.3 is 0 Å². The highest BCUT2D eigenvalue weighted by atomic mass is 32.2. The van der Waals surface area contributed by atoms with Crippen molar-refractivity contribution in [2.45, 2.75) is 31.6 Å². The molecular weight excluding hydrogens is 370 g/mol. The van der Waals surface area contributed by atoms with Gasteiger partial charge in [0.1, 0.15) is 5.75 Å². The van der Waals surface area contributed by atoms with E-state index >= 15 is 0 Å². The van der Waals surface area contributed by atoms with Gasteiger partial charge in [-0.1, -0.05) is 42.1 Å². The lowest BCUT2D eigenvalue weighted by Crippen LogP contribution is -2.37. The van der Waals surface area contributed by atoms with Crippen LogP contribution in [0.25, 0.3) is 5.69 Å². The summed E-state index contributed by atoms with van der Waals surface area (Å²) in [6.45, 7) is 4.71. The summed E-state index contributed by atoms with van der Waals surface area (Å²) in [7, 11) is 1.65. The number of hydrogen-bond acceptors (Lipinski definition) is 4. The Kier molecular flexibility index (Phi) is 6.76. The molecule has 1 aromatic heterocycles. The van der Waals surface area contributed by atoms with Crippen molar-refractivity contribution in [3.63, 3.8) is 0 Å². The number of nitrogens with zero attached hydrogens (tertiary/aromatic N) is 3. The molecule has 0 spiro atoms. The van der Waals surface area contributed by atoms with Gasteiger partial charge in [-0.2, -0.15) is 0 Å². The Morgan fingerprint density at radius 2 is 1.86 bits per heavy atom. The monoisotopic (exact) mass is 395 g/mol. The largest absolute Gasteiger partial charge is 0.497 e. The van der Waals surface area contributed by atoms with E-state index in [1.54, 1.807) is 13.3 Å². The molecular formula is C22H25N3O2S. The van der Waals surface area contributed by atoms with E-state index in [9.17, 15) is 4.79 Å². The highest BCUT2D eigenvalue weighted by Gasteiger charge is 2.18. The number of benzene rings is 2. The van der Waals surface area contributed by atoms with Crippen LogP contribution >= 0.6 is 11.8 Å². The zero-order valence-electron chi connectivity index (χ0n) is 16.4. The normalized spacial score (nSPS) is 10.9. The summed E-state index contributed by atoms with van der Waals surface area (Å²) in [5.41, 5.74) is 2.12. The molecule has 5 nitrogen and oxygen atoms in total.